The molecular weight excluding hydrogens is 288 g/mol. The van der Waals surface area contributed by atoms with Gasteiger partial charge in [-0.05, 0) is 31.5 Å². The SMILES string of the molecule is COCCN1CCC(NCC2CNNC2c2ccccc2)CC1. The molecular formula is C18H30N4O. The quantitative estimate of drug-likeness (QED) is 0.704. The van der Waals surface area contributed by atoms with Crippen LogP contribution in [0, 0.1) is 5.92 Å². The van der Waals surface area contributed by atoms with E-state index in [1.807, 2.05) is 0 Å². The van der Waals surface area contributed by atoms with Crippen LogP contribution in [-0.4, -0.2) is 57.4 Å². The number of hydrogen-bond acceptors (Lipinski definition) is 5. The lowest BCUT2D eigenvalue weighted by Crippen LogP contribution is -2.45. The van der Waals surface area contributed by atoms with Crippen LogP contribution in [0.3, 0.4) is 0 Å². The van der Waals surface area contributed by atoms with Gasteiger partial charge in [0, 0.05) is 38.7 Å². The summed E-state index contributed by atoms with van der Waals surface area (Å²) in [5.41, 5.74) is 8.13. The Morgan fingerprint density at radius 1 is 1.22 bits per heavy atom. The van der Waals surface area contributed by atoms with Gasteiger partial charge in [-0.3, -0.25) is 5.43 Å². The van der Waals surface area contributed by atoms with Crippen LogP contribution in [0.4, 0.5) is 0 Å². The molecule has 5 heteroatoms. The minimum absolute atomic E-state index is 0.408. The highest BCUT2D eigenvalue weighted by molar-refractivity contribution is 5.20. The van der Waals surface area contributed by atoms with E-state index in [9.17, 15) is 0 Å². The van der Waals surface area contributed by atoms with E-state index >= 15 is 0 Å². The normalized spacial score (nSPS) is 26.7. The topological polar surface area (TPSA) is 48.6 Å². The van der Waals surface area contributed by atoms with Crippen LogP contribution in [0.25, 0.3) is 0 Å². The molecule has 0 aliphatic carbocycles. The summed E-state index contributed by atoms with van der Waals surface area (Å²) in [6, 6.07) is 11.8. The van der Waals surface area contributed by atoms with Gasteiger partial charge >= 0.3 is 0 Å². The molecule has 1 aromatic rings. The Morgan fingerprint density at radius 2 is 2.00 bits per heavy atom. The summed E-state index contributed by atoms with van der Waals surface area (Å²) >= 11 is 0. The molecule has 2 heterocycles. The zero-order valence-corrected chi connectivity index (χ0v) is 14.1. The van der Waals surface area contributed by atoms with E-state index in [0.29, 0.717) is 18.0 Å². The fraction of sp³-hybridized carbons (Fsp3) is 0.667. The van der Waals surface area contributed by atoms with Gasteiger partial charge in [-0.2, -0.15) is 0 Å². The summed E-state index contributed by atoms with van der Waals surface area (Å²) in [5, 5.41) is 3.80. The molecule has 3 rings (SSSR count). The number of hydrazine groups is 1. The minimum atomic E-state index is 0.408. The van der Waals surface area contributed by atoms with E-state index < -0.39 is 0 Å². The standard InChI is InChI=1S/C18H30N4O/c1-23-12-11-22-9-7-17(8-10-22)19-13-16-14-20-21-18(16)15-5-3-2-4-6-15/h2-6,16-21H,7-14H2,1H3. The molecule has 2 aliphatic rings. The van der Waals surface area contributed by atoms with Crippen molar-refractivity contribution in [2.45, 2.75) is 24.9 Å². The zero-order valence-electron chi connectivity index (χ0n) is 14.1. The molecule has 2 saturated heterocycles. The summed E-state index contributed by atoms with van der Waals surface area (Å²) in [5.74, 6) is 0.601. The predicted octanol–water partition coefficient (Wildman–Crippen LogP) is 1.15. The highest BCUT2D eigenvalue weighted by atomic mass is 16.5. The largest absolute Gasteiger partial charge is 0.383 e. The molecule has 5 nitrogen and oxygen atoms in total. The molecule has 2 atom stereocenters. The fourth-order valence-electron chi connectivity index (χ4n) is 3.64. The van der Waals surface area contributed by atoms with Crippen LogP contribution in [0.5, 0.6) is 0 Å². The molecule has 0 saturated carbocycles. The summed E-state index contributed by atoms with van der Waals surface area (Å²) in [7, 11) is 1.78. The Balaban J connectivity index is 1.42. The highest BCUT2D eigenvalue weighted by Gasteiger charge is 2.29. The van der Waals surface area contributed by atoms with Crippen molar-refractivity contribution in [3.8, 4) is 0 Å². The van der Waals surface area contributed by atoms with Gasteiger partial charge in [0.05, 0.1) is 12.6 Å². The molecule has 3 N–H and O–H groups in total. The van der Waals surface area contributed by atoms with Gasteiger partial charge in [-0.15, -0.1) is 0 Å². The van der Waals surface area contributed by atoms with Gasteiger partial charge in [0.15, 0.2) is 0 Å². The van der Waals surface area contributed by atoms with Crippen molar-refractivity contribution in [3.05, 3.63) is 35.9 Å². The van der Waals surface area contributed by atoms with Crippen LogP contribution in [0.1, 0.15) is 24.4 Å². The molecule has 0 amide bonds. The van der Waals surface area contributed by atoms with Crippen LogP contribution in [0.15, 0.2) is 30.3 Å². The van der Waals surface area contributed by atoms with Crippen LogP contribution in [0.2, 0.25) is 0 Å². The van der Waals surface area contributed by atoms with Crippen molar-refractivity contribution >= 4 is 0 Å². The van der Waals surface area contributed by atoms with Gasteiger partial charge in [0.25, 0.3) is 0 Å². The maximum Gasteiger partial charge on any atom is 0.0589 e. The third-order valence-electron chi connectivity index (χ3n) is 5.12. The summed E-state index contributed by atoms with van der Waals surface area (Å²) in [6.45, 7) is 6.38. The van der Waals surface area contributed by atoms with Crippen molar-refractivity contribution in [2.24, 2.45) is 5.92 Å². The maximum absolute atomic E-state index is 5.17. The van der Waals surface area contributed by atoms with Crippen LogP contribution >= 0.6 is 0 Å². The Morgan fingerprint density at radius 3 is 2.74 bits per heavy atom. The molecule has 0 aromatic heterocycles. The smallest absolute Gasteiger partial charge is 0.0589 e. The average molecular weight is 318 g/mol. The lowest BCUT2D eigenvalue weighted by Gasteiger charge is -2.33. The van der Waals surface area contributed by atoms with Gasteiger partial charge < -0.3 is 15.0 Å². The number of likely N-dealkylation sites (tertiary alicyclic amines) is 1. The number of hydrogen-bond donors (Lipinski definition) is 3. The van der Waals surface area contributed by atoms with E-state index in [0.717, 1.165) is 26.2 Å². The van der Waals surface area contributed by atoms with Gasteiger partial charge in [-0.25, -0.2) is 5.43 Å². The molecule has 2 aliphatic heterocycles. The molecule has 0 bridgehead atoms. The van der Waals surface area contributed by atoms with Gasteiger partial charge in [-0.1, -0.05) is 30.3 Å². The molecule has 128 valence electrons. The number of rotatable bonds is 7. The lowest BCUT2D eigenvalue weighted by atomic mass is 9.94. The molecule has 2 unspecified atom stereocenters. The minimum Gasteiger partial charge on any atom is -0.383 e. The van der Waals surface area contributed by atoms with Crippen LogP contribution in [-0.2, 0) is 4.74 Å². The van der Waals surface area contributed by atoms with Gasteiger partial charge in [0.1, 0.15) is 0 Å². The summed E-state index contributed by atoms with van der Waals surface area (Å²) in [4.78, 5) is 2.51. The van der Waals surface area contributed by atoms with E-state index in [-0.39, 0.29) is 0 Å². The molecule has 2 fully saturated rings. The number of piperidine rings is 1. The first-order chi connectivity index (χ1) is 11.4. The molecule has 23 heavy (non-hydrogen) atoms. The van der Waals surface area contributed by atoms with E-state index in [4.69, 9.17) is 4.74 Å². The summed E-state index contributed by atoms with van der Waals surface area (Å²) < 4.78 is 5.17. The number of methoxy groups -OCH3 is 1. The molecule has 0 spiro atoms. The number of nitrogens with zero attached hydrogens (tertiary/aromatic N) is 1. The predicted molar refractivity (Wildman–Crippen MR) is 93.2 cm³/mol. The van der Waals surface area contributed by atoms with Crippen molar-refractivity contribution < 1.29 is 4.74 Å². The maximum atomic E-state index is 5.17. The Hall–Kier alpha value is -0.980. The summed E-state index contributed by atoms with van der Waals surface area (Å²) in [6.07, 6.45) is 2.49. The number of ether oxygens (including phenoxy) is 1. The first-order valence-electron chi connectivity index (χ1n) is 8.85. The van der Waals surface area contributed by atoms with E-state index in [1.54, 1.807) is 7.11 Å². The lowest BCUT2D eigenvalue weighted by molar-refractivity contribution is 0.125. The van der Waals surface area contributed by atoms with Gasteiger partial charge in [0.2, 0.25) is 0 Å². The van der Waals surface area contributed by atoms with Crippen molar-refractivity contribution in [3.63, 3.8) is 0 Å². The Kier molecular flexibility index (Phi) is 6.42. The second kappa shape index (κ2) is 8.76. The first kappa shape index (κ1) is 16.9. The van der Waals surface area contributed by atoms with Crippen LogP contribution < -0.4 is 16.2 Å². The average Bonchev–Trinajstić information content (AvgIpc) is 3.08. The number of benzene rings is 1. The molecule has 0 radical (unpaired) electrons. The number of nitrogens with one attached hydrogen (secondary N) is 3. The van der Waals surface area contributed by atoms with E-state index in [2.05, 4.69) is 51.4 Å². The van der Waals surface area contributed by atoms with Crippen molar-refractivity contribution in [1.29, 1.82) is 0 Å². The Bertz CT molecular complexity index is 448. The second-order valence-electron chi connectivity index (χ2n) is 6.69. The Labute approximate surface area is 139 Å². The van der Waals surface area contributed by atoms with E-state index in [1.165, 1.54) is 31.5 Å². The van der Waals surface area contributed by atoms with Crippen molar-refractivity contribution in [1.82, 2.24) is 21.1 Å². The first-order valence-corrected chi connectivity index (χ1v) is 8.85. The monoisotopic (exact) mass is 318 g/mol. The van der Waals surface area contributed by atoms with Crippen molar-refractivity contribution in [2.75, 3.05) is 46.4 Å². The molecule has 1 aromatic carbocycles. The third kappa shape index (κ3) is 4.75. The highest BCUT2D eigenvalue weighted by Crippen LogP contribution is 2.24. The zero-order chi connectivity index (χ0) is 15.9. The second-order valence-corrected chi connectivity index (χ2v) is 6.69. The third-order valence-corrected chi connectivity index (χ3v) is 5.12. The fourth-order valence-corrected chi connectivity index (χ4v) is 3.64.